The first-order chi connectivity index (χ1) is 5.58. The molecule has 1 saturated carbocycles. The Labute approximate surface area is 72.5 Å². The van der Waals surface area contributed by atoms with Crippen LogP contribution >= 0.6 is 0 Å². The molecule has 0 unspecified atom stereocenters. The molecule has 1 aliphatic carbocycles. The number of carbonyl (C=O) groups is 1. The van der Waals surface area contributed by atoms with Crippen LogP contribution in [0.25, 0.3) is 0 Å². The molecule has 1 N–H and O–H groups in total. The van der Waals surface area contributed by atoms with Gasteiger partial charge < -0.3 is 5.11 Å². The van der Waals surface area contributed by atoms with Crippen molar-refractivity contribution in [1.82, 2.24) is 0 Å². The number of hydrogen-bond acceptors (Lipinski definition) is 2. The molecule has 0 saturated heterocycles. The Kier molecular flexibility index (Phi) is 2.84. The molecular formula is C9H15NO2. The number of rotatable bonds is 3. The van der Waals surface area contributed by atoms with E-state index in [0.717, 1.165) is 18.6 Å². The quantitative estimate of drug-likeness (QED) is 0.654. The van der Waals surface area contributed by atoms with Crippen molar-refractivity contribution >= 4 is 11.7 Å². The van der Waals surface area contributed by atoms with Crippen molar-refractivity contribution < 1.29 is 9.90 Å². The standard InChI is InChI=1S/C9H15NO2/c1-6(2)10-8-3-7(4-8)5-9(11)12/h7-8H,3-5H2,1-2H3,(H,11,12). The van der Waals surface area contributed by atoms with Gasteiger partial charge in [0.05, 0.1) is 6.04 Å². The zero-order valence-corrected chi connectivity index (χ0v) is 7.58. The van der Waals surface area contributed by atoms with Crippen LogP contribution in [0.5, 0.6) is 0 Å². The third-order valence-electron chi connectivity index (χ3n) is 2.11. The molecule has 3 nitrogen and oxygen atoms in total. The maximum atomic E-state index is 10.3. The summed E-state index contributed by atoms with van der Waals surface area (Å²) in [6.45, 7) is 3.95. The molecule has 0 atom stereocenters. The van der Waals surface area contributed by atoms with E-state index < -0.39 is 5.97 Å². The van der Waals surface area contributed by atoms with Gasteiger partial charge in [-0.1, -0.05) is 0 Å². The lowest BCUT2D eigenvalue weighted by Crippen LogP contribution is -2.29. The van der Waals surface area contributed by atoms with Crippen molar-refractivity contribution in [2.24, 2.45) is 10.9 Å². The Morgan fingerprint density at radius 3 is 2.50 bits per heavy atom. The molecule has 0 aromatic carbocycles. The predicted octanol–water partition coefficient (Wildman–Crippen LogP) is 1.72. The normalized spacial score (nSPS) is 27.5. The van der Waals surface area contributed by atoms with E-state index >= 15 is 0 Å². The average molecular weight is 169 g/mol. The molecular weight excluding hydrogens is 154 g/mol. The van der Waals surface area contributed by atoms with E-state index in [9.17, 15) is 4.79 Å². The summed E-state index contributed by atoms with van der Waals surface area (Å²) in [7, 11) is 0. The van der Waals surface area contributed by atoms with Crippen molar-refractivity contribution in [3.05, 3.63) is 0 Å². The number of nitrogens with zero attached hydrogens (tertiary/aromatic N) is 1. The highest BCUT2D eigenvalue weighted by atomic mass is 16.4. The summed E-state index contributed by atoms with van der Waals surface area (Å²) in [5, 5.41) is 8.48. The first kappa shape index (κ1) is 9.23. The summed E-state index contributed by atoms with van der Waals surface area (Å²) in [5.41, 5.74) is 1.09. The highest BCUT2D eigenvalue weighted by molar-refractivity contribution is 5.79. The van der Waals surface area contributed by atoms with Gasteiger partial charge in [0.1, 0.15) is 0 Å². The minimum Gasteiger partial charge on any atom is -0.481 e. The summed E-state index contributed by atoms with van der Waals surface area (Å²) in [4.78, 5) is 14.7. The molecule has 0 bridgehead atoms. The first-order valence-electron chi connectivity index (χ1n) is 4.30. The molecule has 0 heterocycles. The molecule has 1 aliphatic rings. The van der Waals surface area contributed by atoms with Crippen LogP contribution < -0.4 is 0 Å². The Morgan fingerprint density at radius 2 is 2.08 bits per heavy atom. The van der Waals surface area contributed by atoms with Gasteiger partial charge in [0.25, 0.3) is 0 Å². The van der Waals surface area contributed by atoms with Gasteiger partial charge >= 0.3 is 5.97 Å². The van der Waals surface area contributed by atoms with Crippen LogP contribution in [0.2, 0.25) is 0 Å². The van der Waals surface area contributed by atoms with Crippen molar-refractivity contribution in [3.63, 3.8) is 0 Å². The minimum atomic E-state index is -0.685. The van der Waals surface area contributed by atoms with Crippen LogP contribution in [0.1, 0.15) is 33.1 Å². The summed E-state index contributed by atoms with van der Waals surface area (Å²) in [6.07, 6.45) is 2.23. The second-order valence-electron chi connectivity index (χ2n) is 3.67. The lowest BCUT2D eigenvalue weighted by atomic mass is 9.78. The molecule has 0 spiro atoms. The van der Waals surface area contributed by atoms with E-state index in [2.05, 4.69) is 4.99 Å². The fourth-order valence-electron chi connectivity index (χ4n) is 1.58. The maximum Gasteiger partial charge on any atom is 0.303 e. The first-order valence-corrected chi connectivity index (χ1v) is 4.30. The molecule has 1 fully saturated rings. The van der Waals surface area contributed by atoms with E-state index in [0.29, 0.717) is 18.4 Å². The lowest BCUT2D eigenvalue weighted by molar-refractivity contribution is -0.138. The van der Waals surface area contributed by atoms with Gasteiger partial charge in [-0.2, -0.15) is 0 Å². The maximum absolute atomic E-state index is 10.3. The van der Waals surface area contributed by atoms with E-state index in [1.807, 2.05) is 13.8 Å². The fourth-order valence-corrected chi connectivity index (χ4v) is 1.58. The van der Waals surface area contributed by atoms with Crippen molar-refractivity contribution in [2.75, 3.05) is 0 Å². The molecule has 12 heavy (non-hydrogen) atoms. The third kappa shape index (κ3) is 2.64. The molecule has 68 valence electrons. The average Bonchev–Trinajstić information content (AvgIpc) is 1.80. The number of carboxylic acids is 1. The monoisotopic (exact) mass is 169 g/mol. The Hall–Kier alpha value is -0.860. The smallest absolute Gasteiger partial charge is 0.303 e. The van der Waals surface area contributed by atoms with E-state index in [1.165, 1.54) is 0 Å². The van der Waals surface area contributed by atoms with Crippen LogP contribution in [-0.2, 0) is 4.79 Å². The Morgan fingerprint density at radius 1 is 1.50 bits per heavy atom. The highest BCUT2D eigenvalue weighted by Gasteiger charge is 2.29. The highest BCUT2D eigenvalue weighted by Crippen LogP contribution is 2.32. The van der Waals surface area contributed by atoms with Crippen LogP contribution in [0.15, 0.2) is 4.99 Å². The van der Waals surface area contributed by atoms with Crippen LogP contribution in [0.3, 0.4) is 0 Å². The fraction of sp³-hybridized carbons (Fsp3) is 0.778. The predicted molar refractivity (Wildman–Crippen MR) is 47.5 cm³/mol. The Balaban J connectivity index is 2.20. The lowest BCUT2D eigenvalue weighted by Gasteiger charge is -2.31. The van der Waals surface area contributed by atoms with E-state index in [-0.39, 0.29) is 0 Å². The van der Waals surface area contributed by atoms with Gasteiger partial charge in [0, 0.05) is 12.1 Å². The zero-order valence-electron chi connectivity index (χ0n) is 7.58. The van der Waals surface area contributed by atoms with Gasteiger partial charge in [0.2, 0.25) is 0 Å². The second kappa shape index (κ2) is 3.70. The summed E-state index contributed by atoms with van der Waals surface area (Å²) < 4.78 is 0. The number of aliphatic imine (C=N–C) groups is 1. The number of hydrogen-bond donors (Lipinski definition) is 1. The summed E-state index contributed by atoms with van der Waals surface area (Å²) >= 11 is 0. The second-order valence-corrected chi connectivity index (χ2v) is 3.67. The molecule has 0 radical (unpaired) electrons. The van der Waals surface area contributed by atoms with Gasteiger partial charge in [-0.05, 0) is 32.6 Å². The largest absolute Gasteiger partial charge is 0.481 e. The zero-order chi connectivity index (χ0) is 9.14. The molecule has 0 aromatic rings. The van der Waals surface area contributed by atoms with Gasteiger partial charge in [-0.15, -0.1) is 0 Å². The molecule has 0 aliphatic heterocycles. The number of aliphatic carboxylic acids is 1. The minimum absolute atomic E-state index is 0.314. The number of carboxylic acid groups (broad SMARTS) is 1. The molecule has 3 heteroatoms. The van der Waals surface area contributed by atoms with Crippen molar-refractivity contribution in [3.8, 4) is 0 Å². The van der Waals surface area contributed by atoms with Crippen molar-refractivity contribution in [2.45, 2.75) is 39.2 Å². The van der Waals surface area contributed by atoms with Gasteiger partial charge in [-0.3, -0.25) is 9.79 Å². The Bertz CT molecular complexity index is 201. The summed E-state index contributed by atoms with van der Waals surface area (Å²) in [6, 6.07) is 0.402. The van der Waals surface area contributed by atoms with Crippen LogP contribution in [-0.4, -0.2) is 22.8 Å². The van der Waals surface area contributed by atoms with E-state index in [1.54, 1.807) is 0 Å². The third-order valence-corrected chi connectivity index (χ3v) is 2.11. The molecule has 1 rings (SSSR count). The van der Waals surface area contributed by atoms with Gasteiger partial charge in [0.15, 0.2) is 0 Å². The van der Waals surface area contributed by atoms with Crippen LogP contribution in [0, 0.1) is 5.92 Å². The van der Waals surface area contributed by atoms with Gasteiger partial charge in [-0.25, -0.2) is 0 Å². The molecule has 0 amide bonds. The molecule has 0 aromatic heterocycles. The van der Waals surface area contributed by atoms with Crippen molar-refractivity contribution in [1.29, 1.82) is 0 Å². The van der Waals surface area contributed by atoms with Crippen LogP contribution in [0.4, 0.5) is 0 Å². The SMILES string of the molecule is CC(C)=NC1CC(CC(=O)O)C1. The topological polar surface area (TPSA) is 49.7 Å². The summed E-state index contributed by atoms with van der Waals surface area (Å²) in [5.74, 6) is -0.314. The van der Waals surface area contributed by atoms with E-state index in [4.69, 9.17) is 5.11 Å².